The van der Waals surface area contributed by atoms with Gasteiger partial charge < -0.3 is 9.94 Å². The maximum atomic E-state index is 12.8. The normalized spacial score (nSPS) is 10.4. The topological polar surface area (TPSA) is 41.5 Å². The van der Waals surface area contributed by atoms with Crippen LogP contribution in [0, 0.1) is 5.82 Å². The Morgan fingerprint density at radius 3 is 2.92 bits per heavy atom. The van der Waals surface area contributed by atoms with Crippen molar-refractivity contribution in [3.05, 3.63) is 28.0 Å². The molecule has 2 N–H and O–H groups in total. The number of hydroxylamine groups is 1. The first-order valence-corrected chi connectivity index (χ1v) is 4.37. The van der Waals surface area contributed by atoms with Gasteiger partial charge in [-0.25, -0.2) is 4.39 Å². The van der Waals surface area contributed by atoms with Crippen molar-refractivity contribution in [3.63, 3.8) is 0 Å². The second-order valence-corrected chi connectivity index (χ2v) is 3.27. The Bertz CT molecular complexity index is 306. The van der Waals surface area contributed by atoms with Crippen molar-refractivity contribution in [2.24, 2.45) is 0 Å². The molecule has 0 aliphatic rings. The largest absolute Gasteiger partial charge is 0.508 e. The van der Waals surface area contributed by atoms with Gasteiger partial charge in [0.2, 0.25) is 0 Å². The van der Waals surface area contributed by atoms with Gasteiger partial charge in [-0.3, -0.25) is 0 Å². The van der Waals surface area contributed by atoms with Gasteiger partial charge in [-0.05, 0) is 22.0 Å². The van der Waals surface area contributed by atoms with E-state index in [1.807, 2.05) is 0 Å². The third-order valence-corrected chi connectivity index (χ3v) is 2.14. The highest BCUT2D eigenvalue weighted by Crippen LogP contribution is 2.25. The summed E-state index contributed by atoms with van der Waals surface area (Å²) in [5.41, 5.74) is 3.11. The summed E-state index contributed by atoms with van der Waals surface area (Å²) >= 11 is 3.02. The third kappa shape index (κ3) is 2.65. The van der Waals surface area contributed by atoms with E-state index in [1.165, 1.54) is 13.2 Å². The van der Waals surface area contributed by atoms with Crippen molar-refractivity contribution in [1.29, 1.82) is 0 Å². The molecule has 0 aliphatic carbocycles. The summed E-state index contributed by atoms with van der Waals surface area (Å²) in [6.07, 6.45) is 0. The van der Waals surface area contributed by atoms with Crippen LogP contribution >= 0.6 is 15.9 Å². The molecule has 13 heavy (non-hydrogen) atoms. The molecular formula is C8H9BrFNO2. The second kappa shape index (κ2) is 4.55. The Labute approximate surface area is 83.6 Å². The lowest BCUT2D eigenvalue weighted by Gasteiger charge is -2.05. The van der Waals surface area contributed by atoms with Crippen LogP contribution in [0.25, 0.3) is 0 Å². The Hall–Kier alpha value is -0.650. The standard InChI is InChI=1S/C8H9BrFNO2/c1-13-11-4-5-2-6(9)7(10)3-8(5)12/h2-3,11-12H,4H2,1H3. The van der Waals surface area contributed by atoms with E-state index in [0.29, 0.717) is 16.6 Å². The van der Waals surface area contributed by atoms with Gasteiger partial charge in [0.15, 0.2) is 0 Å². The van der Waals surface area contributed by atoms with Crippen molar-refractivity contribution in [1.82, 2.24) is 5.48 Å². The SMILES string of the molecule is CONCc1cc(Br)c(F)cc1O. The van der Waals surface area contributed by atoms with Crippen molar-refractivity contribution in [2.75, 3.05) is 7.11 Å². The van der Waals surface area contributed by atoms with Gasteiger partial charge in [-0.1, -0.05) is 0 Å². The molecule has 0 heterocycles. The summed E-state index contributed by atoms with van der Waals surface area (Å²) < 4.78 is 13.1. The number of halogens is 2. The van der Waals surface area contributed by atoms with E-state index in [9.17, 15) is 9.50 Å². The van der Waals surface area contributed by atoms with Crippen LogP contribution in [-0.2, 0) is 11.4 Å². The molecule has 0 unspecified atom stereocenters. The first kappa shape index (κ1) is 10.4. The highest BCUT2D eigenvalue weighted by atomic mass is 79.9. The van der Waals surface area contributed by atoms with Crippen LogP contribution in [0.4, 0.5) is 4.39 Å². The fraction of sp³-hybridized carbons (Fsp3) is 0.250. The summed E-state index contributed by atoms with van der Waals surface area (Å²) in [7, 11) is 1.47. The zero-order chi connectivity index (χ0) is 9.84. The Morgan fingerprint density at radius 1 is 1.62 bits per heavy atom. The van der Waals surface area contributed by atoms with E-state index in [2.05, 4.69) is 26.2 Å². The highest BCUT2D eigenvalue weighted by Gasteiger charge is 2.06. The molecule has 0 bridgehead atoms. The molecule has 0 aliphatic heterocycles. The van der Waals surface area contributed by atoms with Crippen molar-refractivity contribution in [3.8, 4) is 5.75 Å². The van der Waals surface area contributed by atoms with Crippen molar-refractivity contribution >= 4 is 15.9 Å². The van der Waals surface area contributed by atoms with Gasteiger partial charge in [0.05, 0.1) is 11.6 Å². The zero-order valence-electron chi connectivity index (χ0n) is 6.97. The molecule has 1 aromatic rings. The van der Waals surface area contributed by atoms with E-state index >= 15 is 0 Å². The average Bonchev–Trinajstić information content (AvgIpc) is 2.09. The van der Waals surface area contributed by atoms with Crippen LogP contribution in [-0.4, -0.2) is 12.2 Å². The minimum Gasteiger partial charge on any atom is -0.508 e. The van der Waals surface area contributed by atoms with Crippen LogP contribution in [0.2, 0.25) is 0 Å². The van der Waals surface area contributed by atoms with Crippen LogP contribution in [0.15, 0.2) is 16.6 Å². The minimum absolute atomic E-state index is 0.0924. The number of rotatable bonds is 3. The summed E-state index contributed by atoms with van der Waals surface area (Å²) in [4.78, 5) is 4.60. The number of hydrogen-bond donors (Lipinski definition) is 2. The van der Waals surface area contributed by atoms with Crippen molar-refractivity contribution < 1.29 is 14.3 Å². The molecule has 0 aromatic heterocycles. The van der Waals surface area contributed by atoms with Crippen molar-refractivity contribution in [2.45, 2.75) is 6.54 Å². The smallest absolute Gasteiger partial charge is 0.141 e. The van der Waals surface area contributed by atoms with E-state index < -0.39 is 5.82 Å². The van der Waals surface area contributed by atoms with Gasteiger partial charge in [-0.2, -0.15) is 5.48 Å². The average molecular weight is 250 g/mol. The number of phenolic OH excluding ortho intramolecular Hbond substituents is 1. The molecule has 0 saturated heterocycles. The van der Waals surface area contributed by atoms with Gasteiger partial charge in [-0.15, -0.1) is 0 Å². The summed E-state index contributed by atoms with van der Waals surface area (Å²) in [5, 5.41) is 9.29. The van der Waals surface area contributed by atoms with E-state index in [4.69, 9.17) is 0 Å². The van der Waals surface area contributed by atoms with Crippen LogP contribution in [0.1, 0.15) is 5.56 Å². The van der Waals surface area contributed by atoms with Gasteiger partial charge in [0, 0.05) is 18.2 Å². The quantitative estimate of drug-likeness (QED) is 0.805. The maximum absolute atomic E-state index is 12.8. The minimum atomic E-state index is -0.487. The fourth-order valence-electron chi connectivity index (χ4n) is 0.869. The highest BCUT2D eigenvalue weighted by molar-refractivity contribution is 9.10. The van der Waals surface area contributed by atoms with Crippen LogP contribution in [0.5, 0.6) is 5.75 Å². The molecule has 5 heteroatoms. The lowest BCUT2D eigenvalue weighted by atomic mass is 10.2. The number of hydrogen-bond acceptors (Lipinski definition) is 3. The third-order valence-electron chi connectivity index (χ3n) is 1.53. The Kier molecular flexibility index (Phi) is 3.65. The van der Waals surface area contributed by atoms with E-state index in [-0.39, 0.29) is 5.75 Å². The zero-order valence-corrected chi connectivity index (χ0v) is 8.56. The second-order valence-electron chi connectivity index (χ2n) is 2.42. The molecule has 0 amide bonds. The van der Waals surface area contributed by atoms with Crippen LogP contribution in [0.3, 0.4) is 0 Å². The number of phenols is 1. The Balaban J connectivity index is 2.88. The molecule has 1 aromatic carbocycles. The van der Waals surface area contributed by atoms with Gasteiger partial charge >= 0.3 is 0 Å². The predicted molar refractivity (Wildman–Crippen MR) is 49.6 cm³/mol. The molecule has 3 nitrogen and oxygen atoms in total. The Morgan fingerprint density at radius 2 is 2.31 bits per heavy atom. The molecule has 0 saturated carbocycles. The maximum Gasteiger partial charge on any atom is 0.141 e. The molecule has 72 valence electrons. The van der Waals surface area contributed by atoms with Gasteiger partial charge in [0.25, 0.3) is 0 Å². The molecule has 0 fully saturated rings. The molecule has 0 radical (unpaired) electrons. The first-order chi connectivity index (χ1) is 6.15. The summed E-state index contributed by atoms with van der Waals surface area (Å²) in [5.74, 6) is -0.580. The summed E-state index contributed by atoms with van der Waals surface area (Å²) in [6.45, 7) is 0.321. The van der Waals surface area contributed by atoms with Gasteiger partial charge in [0.1, 0.15) is 11.6 Å². The number of nitrogens with one attached hydrogen (secondary N) is 1. The van der Waals surface area contributed by atoms with Crippen LogP contribution < -0.4 is 5.48 Å². The van der Waals surface area contributed by atoms with E-state index in [0.717, 1.165) is 6.07 Å². The fourth-order valence-corrected chi connectivity index (χ4v) is 1.26. The van der Waals surface area contributed by atoms with E-state index in [1.54, 1.807) is 0 Å². The summed E-state index contributed by atoms with van der Waals surface area (Å²) in [6, 6.07) is 2.55. The lowest BCUT2D eigenvalue weighted by Crippen LogP contribution is -2.10. The molecule has 0 spiro atoms. The monoisotopic (exact) mass is 249 g/mol. The first-order valence-electron chi connectivity index (χ1n) is 3.58. The predicted octanol–water partition coefficient (Wildman–Crippen LogP) is 1.94. The number of benzene rings is 1. The lowest BCUT2D eigenvalue weighted by molar-refractivity contribution is 0.0861. The molecular weight excluding hydrogens is 241 g/mol. The number of aromatic hydroxyl groups is 1. The molecule has 1 rings (SSSR count). The molecule has 0 atom stereocenters.